The molecule has 0 unspecified atom stereocenters. The molecule has 0 aliphatic carbocycles. The molecule has 3 rings (SSSR count). The molecule has 9 heteroatoms. The van der Waals surface area contributed by atoms with E-state index in [1.807, 2.05) is 13.8 Å². The van der Waals surface area contributed by atoms with Crippen LogP contribution in [0.4, 0.5) is 10.5 Å². The zero-order valence-electron chi connectivity index (χ0n) is 16.1. The lowest BCUT2D eigenvalue weighted by Gasteiger charge is -2.26. The molecule has 1 heterocycles. The van der Waals surface area contributed by atoms with Crippen molar-refractivity contribution >= 4 is 61.5 Å². The number of nitrogens with one attached hydrogen (secondary N) is 1. The van der Waals surface area contributed by atoms with Crippen LogP contribution < -0.4 is 15.0 Å². The molecule has 0 bridgehead atoms. The molecule has 30 heavy (non-hydrogen) atoms. The molecule has 1 aliphatic rings. The molecular weight excluding hydrogens is 520 g/mol. The number of barbiturate groups is 1. The second kappa shape index (κ2) is 9.01. The average Bonchev–Trinajstić information content (AvgIpc) is 2.65. The zero-order chi connectivity index (χ0) is 22.0. The number of imide groups is 2. The highest BCUT2D eigenvalue weighted by atomic mass is 79.9. The molecular formula is C21H18Br2N2O5. The van der Waals surface area contributed by atoms with E-state index in [0.29, 0.717) is 26.9 Å². The average molecular weight is 538 g/mol. The number of urea groups is 1. The minimum Gasteiger partial charge on any atom is -0.508 e. The Balaban J connectivity index is 2.05. The van der Waals surface area contributed by atoms with Crippen LogP contribution in [-0.2, 0) is 9.59 Å². The molecule has 1 fully saturated rings. The highest BCUT2D eigenvalue weighted by molar-refractivity contribution is 9.11. The van der Waals surface area contributed by atoms with Crippen LogP contribution in [-0.4, -0.2) is 29.6 Å². The lowest BCUT2D eigenvalue weighted by atomic mass is 10.1. The second-order valence-corrected chi connectivity index (χ2v) is 8.76. The van der Waals surface area contributed by atoms with Crippen molar-refractivity contribution in [1.82, 2.24) is 5.32 Å². The number of amides is 4. The van der Waals surface area contributed by atoms with Gasteiger partial charge in [0, 0.05) is 10.0 Å². The Morgan fingerprint density at radius 3 is 2.43 bits per heavy atom. The van der Waals surface area contributed by atoms with Gasteiger partial charge in [-0.2, -0.15) is 0 Å². The highest BCUT2D eigenvalue weighted by Crippen LogP contribution is 2.35. The first-order valence-electron chi connectivity index (χ1n) is 8.99. The van der Waals surface area contributed by atoms with Gasteiger partial charge in [-0.05, 0) is 64.3 Å². The maximum absolute atomic E-state index is 13.0. The quantitative estimate of drug-likeness (QED) is 0.428. The van der Waals surface area contributed by atoms with Gasteiger partial charge in [-0.25, -0.2) is 9.69 Å². The van der Waals surface area contributed by atoms with E-state index >= 15 is 0 Å². The summed E-state index contributed by atoms with van der Waals surface area (Å²) in [7, 11) is 0. The normalized spacial score (nSPS) is 15.7. The van der Waals surface area contributed by atoms with Crippen molar-refractivity contribution in [2.75, 3.05) is 11.5 Å². The number of ether oxygens (including phenoxy) is 1. The van der Waals surface area contributed by atoms with Gasteiger partial charge in [0.2, 0.25) is 0 Å². The number of phenolic OH excluding ortho intramolecular Hbond substituents is 1. The van der Waals surface area contributed by atoms with Crippen LogP contribution in [0, 0.1) is 5.92 Å². The molecule has 0 saturated carbocycles. The smallest absolute Gasteiger partial charge is 0.335 e. The van der Waals surface area contributed by atoms with Gasteiger partial charge in [-0.3, -0.25) is 14.9 Å². The van der Waals surface area contributed by atoms with Crippen molar-refractivity contribution in [3.05, 3.63) is 56.5 Å². The van der Waals surface area contributed by atoms with Crippen molar-refractivity contribution < 1.29 is 24.2 Å². The molecule has 4 amide bonds. The van der Waals surface area contributed by atoms with E-state index in [0.717, 1.165) is 4.90 Å². The van der Waals surface area contributed by atoms with E-state index in [1.54, 1.807) is 12.1 Å². The Morgan fingerprint density at radius 1 is 1.13 bits per heavy atom. The summed E-state index contributed by atoms with van der Waals surface area (Å²) < 4.78 is 7.25. The number of halogens is 2. The number of rotatable bonds is 5. The predicted molar refractivity (Wildman–Crippen MR) is 119 cm³/mol. The fourth-order valence-corrected chi connectivity index (χ4v) is 4.11. The first-order valence-corrected chi connectivity index (χ1v) is 10.6. The first kappa shape index (κ1) is 22.0. The third kappa shape index (κ3) is 4.73. The number of carbonyl (C=O) groups is 3. The van der Waals surface area contributed by atoms with Gasteiger partial charge in [0.15, 0.2) is 0 Å². The Kier molecular flexibility index (Phi) is 6.62. The molecule has 156 valence electrons. The number of hydrogen-bond donors (Lipinski definition) is 2. The summed E-state index contributed by atoms with van der Waals surface area (Å²) in [6, 6.07) is 8.17. The molecule has 1 aliphatic heterocycles. The Hall–Kier alpha value is -2.65. The summed E-state index contributed by atoms with van der Waals surface area (Å²) in [5.41, 5.74) is 0.498. The second-order valence-electron chi connectivity index (χ2n) is 6.99. The van der Waals surface area contributed by atoms with Gasteiger partial charge in [-0.1, -0.05) is 29.8 Å². The third-order valence-electron chi connectivity index (χ3n) is 4.11. The molecule has 0 aromatic heterocycles. The van der Waals surface area contributed by atoms with Crippen LogP contribution in [0.15, 0.2) is 50.9 Å². The van der Waals surface area contributed by atoms with Crippen molar-refractivity contribution in [2.45, 2.75) is 13.8 Å². The van der Waals surface area contributed by atoms with E-state index in [4.69, 9.17) is 4.74 Å². The maximum Gasteiger partial charge on any atom is 0.335 e. The van der Waals surface area contributed by atoms with Crippen LogP contribution in [0.5, 0.6) is 11.5 Å². The molecule has 2 N–H and O–H groups in total. The lowest BCUT2D eigenvalue weighted by Crippen LogP contribution is -2.54. The number of anilines is 1. The number of phenols is 1. The molecule has 7 nitrogen and oxygen atoms in total. The fourth-order valence-electron chi connectivity index (χ4n) is 2.74. The minimum absolute atomic E-state index is 0.0126. The summed E-state index contributed by atoms with van der Waals surface area (Å²) >= 11 is 6.85. The first-order chi connectivity index (χ1) is 14.2. The monoisotopic (exact) mass is 536 g/mol. The number of carbonyl (C=O) groups excluding carboxylic acids is 3. The van der Waals surface area contributed by atoms with E-state index < -0.39 is 17.8 Å². The van der Waals surface area contributed by atoms with Gasteiger partial charge >= 0.3 is 6.03 Å². The molecule has 0 spiro atoms. The number of nitrogens with zero attached hydrogens (tertiary/aromatic N) is 1. The van der Waals surface area contributed by atoms with Crippen molar-refractivity contribution in [3.8, 4) is 11.5 Å². The molecule has 0 radical (unpaired) electrons. The standard InChI is InChI=1S/C21H18Br2N2O5/c1-11(2)10-30-18-12(7-13(22)9-17(18)23)8-16-19(27)24-21(29)25(20(16)28)14-3-5-15(26)6-4-14/h3-9,11,26H,10H2,1-2H3,(H,24,27,29)/b16-8+. The van der Waals surface area contributed by atoms with Crippen molar-refractivity contribution in [1.29, 1.82) is 0 Å². The predicted octanol–water partition coefficient (Wildman–Crippen LogP) is 4.62. The van der Waals surface area contributed by atoms with Crippen LogP contribution in [0.3, 0.4) is 0 Å². The zero-order valence-corrected chi connectivity index (χ0v) is 19.3. The van der Waals surface area contributed by atoms with E-state index in [9.17, 15) is 19.5 Å². The molecule has 0 atom stereocenters. The maximum atomic E-state index is 13.0. The van der Waals surface area contributed by atoms with E-state index in [1.165, 1.54) is 30.3 Å². The van der Waals surface area contributed by atoms with E-state index in [-0.39, 0.29) is 22.9 Å². The summed E-state index contributed by atoms with van der Waals surface area (Å²) in [6.07, 6.45) is 1.39. The lowest BCUT2D eigenvalue weighted by molar-refractivity contribution is -0.122. The van der Waals surface area contributed by atoms with Crippen molar-refractivity contribution in [2.24, 2.45) is 5.92 Å². The van der Waals surface area contributed by atoms with Gasteiger partial charge in [0.25, 0.3) is 11.8 Å². The van der Waals surface area contributed by atoms with Gasteiger partial charge in [0.05, 0.1) is 16.8 Å². The Morgan fingerprint density at radius 2 is 1.80 bits per heavy atom. The number of aromatic hydroxyl groups is 1. The number of benzene rings is 2. The van der Waals surface area contributed by atoms with E-state index in [2.05, 4.69) is 37.2 Å². The summed E-state index contributed by atoms with van der Waals surface area (Å²) in [5.74, 6) is -0.843. The fraction of sp³-hybridized carbons (Fsp3) is 0.190. The Bertz CT molecular complexity index is 1050. The summed E-state index contributed by atoms with van der Waals surface area (Å²) in [6.45, 7) is 4.45. The summed E-state index contributed by atoms with van der Waals surface area (Å²) in [5, 5.41) is 11.6. The topological polar surface area (TPSA) is 95.9 Å². The van der Waals surface area contributed by atoms with Crippen LogP contribution in [0.2, 0.25) is 0 Å². The van der Waals surface area contributed by atoms with Crippen LogP contribution >= 0.6 is 31.9 Å². The third-order valence-corrected chi connectivity index (χ3v) is 5.15. The largest absolute Gasteiger partial charge is 0.508 e. The molecule has 2 aromatic carbocycles. The molecule has 2 aromatic rings. The Labute approximate surface area is 190 Å². The van der Waals surface area contributed by atoms with Gasteiger partial charge < -0.3 is 9.84 Å². The van der Waals surface area contributed by atoms with Gasteiger partial charge in [-0.15, -0.1) is 0 Å². The number of hydrogen-bond acceptors (Lipinski definition) is 5. The van der Waals surface area contributed by atoms with Crippen LogP contribution in [0.25, 0.3) is 6.08 Å². The SMILES string of the molecule is CC(C)COc1c(Br)cc(Br)cc1/C=C1\C(=O)NC(=O)N(c2ccc(O)cc2)C1=O. The summed E-state index contributed by atoms with van der Waals surface area (Å²) in [4.78, 5) is 38.6. The van der Waals surface area contributed by atoms with Crippen molar-refractivity contribution in [3.63, 3.8) is 0 Å². The molecule has 1 saturated heterocycles. The highest BCUT2D eigenvalue weighted by Gasteiger charge is 2.37. The van der Waals surface area contributed by atoms with Gasteiger partial charge in [0.1, 0.15) is 17.1 Å². The minimum atomic E-state index is -0.862. The van der Waals surface area contributed by atoms with Crippen LogP contribution in [0.1, 0.15) is 19.4 Å².